The minimum Gasteiger partial charge on any atom is -0.388 e. The Morgan fingerprint density at radius 3 is 2.80 bits per heavy atom. The van der Waals surface area contributed by atoms with Crippen LogP contribution in [0.15, 0.2) is 0 Å². The van der Waals surface area contributed by atoms with Crippen molar-refractivity contribution in [2.75, 3.05) is 13.2 Å². The summed E-state index contributed by atoms with van der Waals surface area (Å²) < 4.78 is 15.2. The molecule has 10 heavy (non-hydrogen) atoms. The molecule has 0 aromatic rings. The first-order chi connectivity index (χ1) is 4.70. The van der Waals surface area contributed by atoms with Crippen molar-refractivity contribution >= 4 is 18.5 Å². The molecule has 2 bridgehead atoms. The zero-order valence-corrected chi connectivity index (χ0v) is 6.81. The zero-order valence-electron chi connectivity index (χ0n) is 5.10. The second kappa shape index (κ2) is 2.24. The predicted molar refractivity (Wildman–Crippen MR) is 37.1 cm³/mol. The van der Waals surface area contributed by atoms with Gasteiger partial charge in [-0.3, -0.25) is 0 Å². The van der Waals surface area contributed by atoms with E-state index in [2.05, 4.69) is 0 Å². The number of rotatable bonds is 0. The number of hydrogen-bond acceptors (Lipinski definition) is 5. The molecule has 0 aliphatic carbocycles. The van der Waals surface area contributed by atoms with E-state index in [4.69, 9.17) is 30.5 Å². The summed E-state index contributed by atoms with van der Waals surface area (Å²) in [5.74, 6) is 0. The van der Waals surface area contributed by atoms with Crippen LogP contribution in [0.5, 0.6) is 0 Å². The summed E-state index contributed by atoms with van der Waals surface area (Å²) in [5, 5.41) is 9.15. The molecule has 4 nitrogen and oxygen atoms in total. The normalized spacial score (nSPS) is 53.3. The SMILES string of the molecule is O[C@@H]1COP2(=S)OC[C@H]1O2. The van der Waals surface area contributed by atoms with Crippen molar-refractivity contribution in [3.8, 4) is 0 Å². The first-order valence-electron chi connectivity index (χ1n) is 2.95. The molecule has 1 N–H and O–H groups in total. The van der Waals surface area contributed by atoms with Gasteiger partial charge in [0, 0.05) is 0 Å². The molecule has 58 valence electrons. The lowest BCUT2D eigenvalue weighted by atomic mass is 10.2. The number of aliphatic hydroxyl groups excluding tert-OH is 1. The second-order valence-corrected chi connectivity index (χ2v) is 5.21. The Bertz CT molecular complexity index is 196. The molecule has 2 fully saturated rings. The van der Waals surface area contributed by atoms with Crippen molar-refractivity contribution < 1.29 is 18.7 Å². The summed E-state index contributed by atoms with van der Waals surface area (Å²) in [5.41, 5.74) is 0. The van der Waals surface area contributed by atoms with Crippen LogP contribution in [0.25, 0.3) is 0 Å². The highest BCUT2D eigenvalue weighted by Crippen LogP contribution is 2.58. The van der Waals surface area contributed by atoms with Crippen LogP contribution in [0.3, 0.4) is 0 Å². The van der Waals surface area contributed by atoms with Crippen LogP contribution in [0.4, 0.5) is 0 Å². The summed E-state index contributed by atoms with van der Waals surface area (Å²) in [7, 11) is 0. The van der Waals surface area contributed by atoms with E-state index in [0.29, 0.717) is 6.61 Å². The second-order valence-electron chi connectivity index (χ2n) is 2.25. The molecule has 2 rings (SSSR count). The van der Waals surface area contributed by atoms with Gasteiger partial charge in [0.1, 0.15) is 12.2 Å². The first-order valence-corrected chi connectivity index (χ1v) is 5.51. The number of hydrogen-bond donors (Lipinski definition) is 1. The van der Waals surface area contributed by atoms with Crippen molar-refractivity contribution in [2.45, 2.75) is 12.2 Å². The highest BCUT2D eigenvalue weighted by Gasteiger charge is 2.43. The minimum atomic E-state index is -2.38. The smallest absolute Gasteiger partial charge is 0.327 e. The van der Waals surface area contributed by atoms with Gasteiger partial charge in [0.15, 0.2) is 0 Å². The summed E-state index contributed by atoms with van der Waals surface area (Å²) in [4.78, 5) is 0. The van der Waals surface area contributed by atoms with Gasteiger partial charge in [0.25, 0.3) is 0 Å². The summed E-state index contributed by atoms with van der Waals surface area (Å²) >= 11 is 4.88. The van der Waals surface area contributed by atoms with Crippen LogP contribution < -0.4 is 0 Å². The fourth-order valence-electron chi connectivity index (χ4n) is 0.915. The topological polar surface area (TPSA) is 47.9 Å². The molecule has 1 unspecified atom stereocenters. The Labute approximate surface area is 63.3 Å². The largest absolute Gasteiger partial charge is 0.388 e. The van der Waals surface area contributed by atoms with E-state index in [1.807, 2.05) is 0 Å². The molecule has 2 heterocycles. The number of fused-ring (bicyclic) bond motifs is 2. The molecular formula is C4H7O4PS. The summed E-state index contributed by atoms with van der Waals surface area (Å²) in [6, 6.07) is 0. The lowest BCUT2D eigenvalue weighted by Crippen LogP contribution is -2.33. The van der Waals surface area contributed by atoms with Crippen LogP contribution in [0.2, 0.25) is 0 Å². The molecule has 0 spiro atoms. The third-order valence-electron chi connectivity index (χ3n) is 1.49. The first kappa shape index (κ1) is 7.16. The van der Waals surface area contributed by atoms with E-state index in [1.165, 1.54) is 0 Å². The van der Waals surface area contributed by atoms with Crippen LogP contribution in [0, 0.1) is 0 Å². The summed E-state index contributed by atoms with van der Waals surface area (Å²) in [6.07, 6.45) is -0.821. The molecule has 0 aromatic heterocycles. The van der Waals surface area contributed by atoms with E-state index in [0.717, 1.165) is 0 Å². The third-order valence-corrected chi connectivity index (χ3v) is 3.84. The number of aliphatic hydroxyl groups is 1. The van der Waals surface area contributed by atoms with Gasteiger partial charge in [0.05, 0.1) is 13.2 Å². The van der Waals surface area contributed by atoms with Gasteiger partial charge in [-0.25, -0.2) is 0 Å². The average molecular weight is 182 g/mol. The van der Waals surface area contributed by atoms with E-state index in [9.17, 15) is 0 Å². The van der Waals surface area contributed by atoms with Crippen molar-refractivity contribution in [1.82, 2.24) is 0 Å². The van der Waals surface area contributed by atoms with E-state index in [1.54, 1.807) is 0 Å². The van der Waals surface area contributed by atoms with E-state index < -0.39 is 12.8 Å². The minimum absolute atomic E-state index is 0.250. The van der Waals surface area contributed by atoms with Crippen molar-refractivity contribution in [2.24, 2.45) is 0 Å². The third kappa shape index (κ3) is 1.03. The highest BCUT2D eigenvalue weighted by atomic mass is 32.5. The Hall–Kier alpha value is 0.490. The maximum atomic E-state index is 9.15. The lowest BCUT2D eigenvalue weighted by Gasteiger charge is -2.24. The van der Waals surface area contributed by atoms with Gasteiger partial charge in [-0.1, -0.05) is 0 Å². The Morgan fingerprint density at radius 2 is 2.10 bits per heavy atom. The van der Waals surface area contributed by atoms with Crippen LogP contribution in [0.1, 0.15) is 0 Å². The molecule has 3 atom stereocenters. The monoisotopic (exact) mass is 182 g/mol. The molecular weight excluding hydrogens is 175 g/mol. The van der Waals surface area contributed by atoms with Crippen LogP contribution in [-0.4, -0.2) is 30.5 Å². The van der Waals surface area contributed by atoms with Gasteiger partial charge >= 0.3 is 6.72 Å². The molecule has 0 aromatic carbocycles. The van der Waals surface area contributed by atoms with Gasteiger partial charge in [-0.15, -0.1) is 0 Å². The van der Waals surface area contributed by atoms with Gasteiger partial charge in [0.2, 0.25) is 0 Å². The lowest BCUT2D eigenvalue weighted by molar-refractivity contribution is -0.00810. The van der Waals surface area contributed by atoms with Crippen LogP contribution >= 0.6 is 6.72 Å². The maximum absolute atomic E-state index is 9.15. The Balaban J connectivity index is 2.20. The molecule has 2 saturated heterocycles. The molecule has 6 heteroatoms. The van der Waals surface area contributed by atoms with Crippen molar-refractivity contribution in [1.29, 1.82) is 0 Å². The predicted octanol–water partition coefficient (Wildman–Crippen LogP) is 0.0174. The fourth-order valence-corrected chi connectivity index (χ4v) is 3.01. The van der Waals surface area contributed by atoms with Crippen LogP contribution in [-0.2, 0) is 25.4 Å². The standard InChI is InChI=1S/C4H7O4PS/c5-3-1-6-9(10)7-2-4(3)8-9/h3-5H,1-2H2/t3-,4-,9?/m1/s1. The van der Waals surface area contributed by atoms with Crippen molar-refractivity contribution in [3.05, 3.63) is 0 Å². The molecule has 2 aliphatic rings. The van der Waals surface area contributed by atoms with Gasteiger partial charge < -0.3 is 18.7 Å². The van der Waals surface area contributed by atoms with Gasteiger partial charge in [-0.2, -0.15) is 0 Å². The van der Waals surface area contributed by atoms with Crippen molar-refractivity contribution in [3.63, 3.8) is 0 Å². The zero-order chi connectivity index (χ0) is 7.19. The van der Waals surface area contributed by atoms with E-state index in [-0.39, 0.29) is 12.7 Å². The molecule has 0 radical (unpaired) electrons. The maximum Gasteiger partial charge on any atom is 0.327 e. The fraction of sp³-hybridized carbons (Fsp3) is 1.00. The Kier molecular flexibility index (Phi) is 1.60. The average Bonchev–Trinajstić information content (AvgIpc) is 2.23. The highest BCUT2D eigenvalue weighted by molar-refractivity contribution is 8.07. The van der Waals surface area contributed by atoms with Gasteiger partial charge in [-0.05, 0) is 11.8 Å². The molecule has 2 aliphatic heterocycles. The Morgan fingerprint density at radius 1 is 1.40 bits per heavy atom. The van der Waals surface area contributed by atoms with E-state index >= 15 is 0 Å². The summed E-state index contributed by atoms with van der Waals surface area (Å²) in [6.45, 7) is -1.76. The quantitative estimate of drug-likeness (QED) is 0.535. The molecule has 0 saturated carbocycles. The molecule has 0 amide bonds.